The molecule has 2 aromatic carbocycles. The van der Waals surface area contributed by atoms with Crippen molar-refractivity contribution in [2.75, 3.05) is 18.0 Å². The van der Waals surface area contributed by atoms with Crippen LogP contribution in [0.1, 0.15) is 56.1 Å². The fourth-order valence-electron chi connectivity index (χ4n) is 4.15. The van der Waals surface area contributed by atoms with Crippen LogP contribution in [0.3, 0.4) is 0 Å². The highest BCUT2D eigenvalue weighted by Gasteiger charge is 2.33. The van der Waals surface area contributed by atoms with Crippen LogP contribution in [-0.4, -0.2) is 43.1 Å². The predicted molar refractivity (Wildman–Crippen MR) is 128 cm³/mol. The Morgan fingerprint density at radius 3 is 2.39 bits per heavy atom. The second-order valence-corrected chi connectivity index (χ2v) is 8.52. The van der Waals surface area contributed by atoms with Crippen LogP contribution in [0.15, 0.2) is 42.5 Å². The Morgan fingerprint density at radius 1 is 1.12 bits per heavy atom. The smallest absolute Gasteiger partial charge is 0.407 e. The summed E-state index contributed by atoms with van der Waals surface area (Å²) >= 11 is 0. The maximum atomic E-state index is 12.3. The molecule has 0 bridgehead atoms. The van der Waals surface area contributed by atoms with Crippen LogP contribution in [0.4, 0.5) is 10.5 Å². The standard InChI is InChI=1S/C25H32N4O4/c1-15(2)33-25(32)28-22-13-16(3)29(17(4)30)23-10-9-20(14-21(22)23)18-5-7-19(8-6-18)24(31)27-12-11-26/h5-10,14-16,22H,11-13,26H2,1-4H3,(H,27,31)(H,28,32)/t16-,22+/m0/s1. The average Bonchev–Trinajstić information content (AvgIpc) is 2.76. The van der Waals surface area contributed by atoms with Gasteiger partial charge in [0.05, 0.1) is 12.1 Å². The highest BCUT2D eigenvalue weighted by molar-refractivity contribution is 5.95. The van der Waals surface area contributed by atoms with Gasteiger partial charge in [-0.3, -0.25) is 9.59 Å². The van der Waals surface area contributed by atoms with E-state index >= 15 is 0 Å². The number of hydrogen-bond donors (Lipinski definition) is 3. The van der Waals surface area contributed by atoms with E-state index in [9.17, 15) is 14.4 Å². The molecule has 33 heavy (non-hydrogen) atoms. The minimum atomic E-state index is -0.484. The first kappa shape index (κ1) is 24.3. The summed E-state index contributed by atoms with van der Waals surface area (Å²) in [5.74, 6) is -0.219. The van der Waals surface area contributed by atoms with Crippen LogP contribution in [0, 0.1) is 0 Å². The Hall–Kier alpha value is -3.39. The van der Waals surface area contributed by atoms with Gasteiger partial charge in [-0.1, -0.05) is 18.2 Å². The van der Waals surface area contributed by atoms with Gasteiger partial charge in [-0.25, -0.2) is 4.79 Å². The third-order valence-electron chi connectivity index (χ3n) is 5.56. The van der Waals surface area contributed by atoms with E-state index in [0.29, 0.717) is 25.1 Å². The van der Waals surface area contributed by atoms with Gasteiger partial charge >= 0.3 is 6.09 Å². The number of nitrogens with one attached hydrogen (secondary N) is 2. The molecule has 0 saturated carbocycles. The molecular weight excluding hydrogens is 420 g/mol. The molecule has 0 saturated heterocycles. The number of hydrogen-bond acceptors (Lipinski definition) is 5. The Morgan fingerprint density at radius 2 is 1.79 bits per heavy atom. The Labute approximate surface area is 194 Å². The molecule has 1 heterocycles. The SMILES string of the molecule is CC(=O)N1c2ccc(-c3ccc(C(=O)NCCN)cc3)cc2[C@H](NC(=O)OC(C)C)C[C@@H]1C. The van der Waals surface area contributed by atoms with Gasteiger partial charge < -0.3 is 26.0 Å². The average molecular weight is 453 g/mol. The zero-order valence-corrected chi connectivity index (χ0v) is 19.6. The zero-order chi connectivity index (χ0) is 24.1. The minimum absolute atomic E-state index is 0.0486. The maximum absolute atomic E-state index is 12.3. The van der Waals surface area contributed by atoms with Crippen molar-refractivity contribution < 1.29 is 19.1 Å². The lowest BCUT2D eigenvalue weighted by molar-refractivity contribution is -0.117. The van der Waals surface area contributed by atoms with Crippen molar-refractivity contribution in [2.45, 2.75) is 52.3 Å². The summed E-state index contributed by atoms with van der Waals surface area (Å²) < 4.78 is 5.28. The molecule has 2 atom stereocenters. The molecule has 0 aliphatic carbocycles. The molecule has 0 unspecified atom stereocenters. The first-order valence-electron chi connectivity index (χ1n) is 11.2. The lowest BCUT2D eigenvalue weighted by Crippen LogP contribution is -2.45. The summed E-state index contributed by atoms with van der Waals surface area (Å²) in [4.78, 5) is 38.6. The number of benzene rings is 2. The second kappa shape index (κ2) is 10.5. The molecule has 8 heteroatoms. The van der Waals surface area contributed by atoms with Gasteiger partial charge in [-0.15, -0.1) is 0 Å². The van der Waals surface area contributed by atoms with Gasteiger partial charge in [-0.2, -0.15) is 0 Å². The lowest BCUT2D eigenvalue weighted by atomic mass is 9.89. The number of rotatable bonds is 6. The van der Waals surface area contributed by atoms with Crippen molar-refractivity contribution >= 4 is 23.6 Å². The predicted octanol–water partition coefficient (Wildman–Crippen LogP) is 3.36. The number of amides is 3. The second-order valence-electron chi connectivity index (χ2n) is 8.52. The summed E-state index contributed by atoms with van der Waals surface area (Å²) in [5, 5.41) is 5.71. The third-order valence-corrected chi connectivity index (χ3v) is 5.56. The van der Waals surface area contributed by atoms with E-state index in [2.05, 4.69) is 10.6 Å². The molecule has 3 amide bonds. The molecule has 8 nitrogen and oxygen atoms in total. The fourth-order valence-corrected chi connectivity index (χ4v) is 4.15. The Kier molecular flexibility index (Phi) is 7.71. The largest absolute Gasteiger partial charge is 0.447 e. The number of nitrogens with two attached hydrogens (primary N) is 1. The number of carbonyl (C=O) groups excluding carboxylic acids is 3. The minimum Gasteiger partial charge on any atom is -0.447 e. The number of carbonyl (C=O) groups is 3. The fraction of sp³-hybridized carbons (Fsp3) is 0.400. The molecule has 0 spiro atoms. The van der Waals surface area contributed by atoms with Crippen LogP contribution >= 0.6 is 0 Å². The van der Waals surface area contributed by atoms with Crippen LogP contribution < -0.4 is 21.3 Å². The lowest BCUT2D eigenvalue weighted by Gasteiger charge is -2.39. The van der Waals surface area contributed by atoms with Crippen molar-refractivity contribution in [1.29, 1.82) is 0 Å². The Balaban J connectivity index is 1.93. The molecule has 176 valence electrons. The van der Waals surface area contributed by atoms with Crippen molar-refractivity contribution in [2.24, 2.45) is 5.73 Å². The normalized spacial score (nSPS) is 17.3. The monoisotopic (exact) mass is 452 g/mol. The molecular formula is C25H32N4O4. The van der Waals surface area contributed by atoms with E-state index in [-0.39, 0.29) is 30.0 Å². The quantitative estimate of drug-likeness (QED) is 0.622. The summed E-state index contributed by atoms with van der Waals surface area (Å²) in [5.41, 5.74) is 9.46. The van der Waals surface area contributed by atoms with Crippen molar-refractivity contribution in [3.63, 3.8) is 0 Å². The van der Waals surface area contributed by atoms with E-state index in [4.69, 9.17) is 10.5 Å². The van der Waals surface area contributed by atoms with E-state index in [1.165, 1.54) is 0 Å². The maximum Gasteiger partial charge on any atom is 0.407 e. The van der Waals surface area contributed by atoms with Gasteiger partial charge in [0.1, 0.15) is 0 Å². The van der Waals surface area contributed by atoms with E-state index < -0.39 is 6.09 Å². The van der Waals surface area contributed by atoms with E-state index in [1.807, 2.05) is 37.3 Å². The van der Waals surface area contributed by atoms with Gasteiger partial charge in [0.2, 0.25) is 5.91 Å². The van der Waals surface area contributed by atoms with Crippen LogP contribution in [-0.2, 0) is 9.53 Å². The number of alkyl carbamates (subject to hydrolysis) is 1. The highest BCUT2D eigenvalue weighted by Crippen LogP contribution is 2.39. The molecule has 0 aromatic heterocycles. The number of fused-ring (bicyclic) bond motifs is 1. The van der Waals surface area contributed by atoms with Crippen LogP contribution in [0.2, 0.25) is 0 Å². The molecule has 3 rings (SSSR count). The Bertz CT molecular complexity index is 1020. The topological polar surface area (TPSA) is 114 Å². The first-order valence-corrected chi connectivity index (χ1v) is 11.2. The molecule has 0 radical (unpaired) electrons. The van der Waals surface area contributed by atoms with Gasteiger partial charge in [0.25, 0.3) is 5.91 Å². The summed E-state index contributed by atoms with van der Waals surface area (Å²) in [6, 6.07) is 12.8. The highest BCUT2D eigenvalue weighted by atomic mass is 16.6. The summed E-state index contributed by atoms with van der Waals surface area (Å²) in [7, 11) is 0. The molecule has 2 aromatic rings. The van der Waals surface area contributed by atoms with Crippen molar-refractivity contribution in [1.82, 2.24) is 10.6 Å². The van der Waals surface area contributed by atoms with Crippen molar-refractivity contribution in [3.8, 4) is 11.1 Å². The molecule has 4 N–H and O–H groups in total. The van der Waals surface area contributed by atoms with Crippen molar-refractivity contribution in [3.05, 3.63) is 53.6 Å². The first-order chi connectivity index (χ1) is 15.7. The van der Waals surface area contributed by atoms with Gasteiger partial charge in [0, 0.05) is 37.3 Å². The van der Waals surface area contributed by atoms with E-state index in [1.54, 1.807) is 37.8 Å². The summed E-state index contributed by atoms with van der Waals surface area (Å²) in [6.45, 7) is 7.91. The van der Waals surface area contributed by atoms with Crippen LogP contribution in [0.5, 0.6) is 0 Å². The molecule has 1 aliphatic heterocycles. The van der Waals surface area contributed by atoms with Gasteiger partial charge in [-0.05, 0) is 68.1 Å². The number of anilines is 1. The number of nitrogens with zero attached hydrogens (tertiary/aromatic N) is 1. The third kappa shape index (κ3) is 5.70. The van der Waals surface area contributed by atoms with Crippen LogP contribution in [0.25, 0.3) is 11.1 Å². The number of ether oxygens (including phenoxy) is 1. The summed E-state index contributed by atoms with van der Waals surface area (Å²) in [6.07, 6.45) is -0.141. The molecule has 0 fully saturated rings. The van der Waals surface area contributed by atoms with E-state index in [0.717, 1.165) is 22.4 Å². The van der Waals surface area contributed by atoms with Gasteiger partial charge in [0.15, 0.2) is 0 Å². The zero-order valence-electron chi connectivity index (χ0n) is 19.6. The molecule has 1 aliphatic rings.